The first-order chi connectivity index (χ1) is 8.45. The molecule has 4 nitrogen and oxygen atoms in total. The summed E-state index contributed by atoms with van der Waals surface area (Å²) in [6.07, 6.45) is 0. The Morgan fingerprint density at radius 3 is 2.72 bits per heavy atom. The highest BCUT2D eigenvalue weighted by Crippen LogP contribution is 2.15. The minimum absolute atomic E-state index is 0.0648. The van der Waals surface area contributed by atoms with Crippen LogP contribution in [0.3, 0.4) is 0 Å². The molecule has 6 heteroatoms. The molecule has 0 saturated heterocycles. The zero-order valence-corrected chi connectivity index (χ0v) is 10.8. The molecule has 1 rings (SSSR count). The molecule has 98 valence electrons. The van der Waals surface area contributed by atoms with Crippen LogP contribution in [-0.4, -0.2) is 24.5 Å². The summed E-state index contributed by atoms with van der Waals surface area (Å²) in [4.78, 5) is 23.0. The minimum Gasteiger partial charge on any atom is -0.464 e. The SMILES string of the molecule is CCOC(=O)C(C)NC(=O)c1ccc(Cl)c(F)c1. The molecular weight excluding hydrogens is 261 g/mol. The van der Waals surface area contributed by atoms with Gasteiger partial charge in [-0.15, -0.1) is 0 Å². The van der Waals surface area contributed by atoms with Gasteiger partial charge in [0.15, 0.2) is 0 Å². The van der Waals surface area contributed by atoms with Crippen molar-refractivity contribution in [3.8, 4) is 0 Å². The molecule has 0 heterocycles. The number of carbonyl (C=O) groups excluding carboxylic acids is 2. The molecule has 0 radical (unpaired) electrons. The Kier molecular flexibility index (Phi) is 5.09. The predicted octanol–water partition coefficient (Wildman–Crippen LogP) is 2.16. The van der Waals surface area contributed by atoms with Gasteiger partial charge in [-0.25, -0.2) is 9.18 Å². The molecule has 1 N–H and O–H groups in total. The van der Waals surface area contributed by atoms with Gasteiger partial charge in [-0.1, -0.05) is 11.6 Å². The summed E-state index contributed by atoms with van der Waals surface area (Å²) in [6, 6.07) is 2.87. The molecule has 1 aromatic carbocycles. The average Bonchev–Trinajstić information content (AvgIpc) is 2.32. The van der Waals surface area contributed by atoms with Gasteiger partial charge in [0, 0.05) is 5.56 Å². The van der Waals surface area contributed by atoms with Crippen molar-refractivity contribution in [2.75, 3.05) is 6.61 Å². The van der Waals surface area contributed by atoms with E-state index in [1.165, 1.54) is 19.1 Å². The molecular formula is C12H13ClFNO3. The molecule has 0 aliphatic heterocycles. The fourth-order valence-electron chi connectivity index (χ4n) is 1.24. The molecule has 0 aliphatic carbocycles. The average molecular weight is 274 g/mol. The molecule has 0 fully saturated rings. The van der Waals surface area contributed by atoms with Gasteiger partial charge in [0.2, 0.25) is 0 Å². The second kappa shape index (κ2) is 6.35. The summed E-state index contributed by atoms with van der Waals surface area (Å²) in [6.45, 7) is 3.39. The lowest BCUT2D eigenvalue weighted by atomic mass is 10.2. The fourth-order valence-corrected chi connectivity index (χ4v) is 1.36. The Hall–Kier alpha value is -1.62. The highest BCUT2D eigenvalue weighted by Gasteiger charge is 2.18. The van der Waals surface area contributed by atoms with Crippen LogP contribution < -0.4 is 5.32 Å². The molecule has 0 saturated carbocycles. The second-order valence-corrected chi connectivity index (χ2v) is 3.98. The topological polar surface area (TPSA) is 55.4 Å². The van der Waals surface area contributed by atoms with E-state index < -0.39 is 23.7 Å². The van der Waals surface area contributed by atoms with Crippen LogP contribution in [0.5, 0.6) is 0 Å². The number of hydrogen-bond donors (Lipinski definition) is 1. The number of amides is 1. The summed E-state index contributed by atoms with van der Waals surface area (Å²) in [7, 11) is 0. The van der Waals surface area contributed by atoms with Gasteiger partial charge in [-0.05, 0) is 32.0 Å². The van der Waals surface area contributed by atoms with Gasteiger partial charge in [-0.2, -0.15) is 0 Å². The van der Waals surface area contributed by atoms with E-state index in [1.54, 1.807) is 6.92 Å². The van der Waals surface area contributed by atoms with Gasteiger partial charge in [-0.3, -0.25) is 4.79 Å². The molecule has 1 amide bonds. The third-order valence-electron chi connectivity index (χ3n) is 2.17. The van der Waals surface area contributed by atoms with Crippen molar-refractivity contribution in [3.63, 3.8) is 0 Å². The highest BCUT2D eigenvalue weighted by atomic mass is 35.5. The maximum atomic E-state index is 13.2. The summed E-state index contributed by atoms with van der Waals surface area (Å²) < 4.78 is 17.9. The van der Waals surface area contributed by atoms with Gasteiger partial charge in [0.25, 0.3) is 5.91 Å². The van der Waals surface area contributed by atoms with Gasteiger partial charge >= 0.3 is 5.97 Å². The number of halogens is 2. The normalized spacial score (nSPS) is 11.8. The van der Waals surface area contributed by atoms with Crippen molar-refractivity contribution in [1.29, 1.82) is 0 Å². The monoisotopic (exact) mass is 273 g/mol. The molecule has 1 atom stereocenters. The molecule has 0 aliphatic rings. The largest absolute Gasteiger partial charge is 0.464 e. The maximum absolute atomic E-state index is 13.2. The van der Waals surface area contributed by atoms with Crippen LogP contribution in [0.2, 0.25) is 5.02 Å². The van der Waals surface area contributed by atoms with E-state index in [1.807, 2.05) is 0 Å². The van der Waals surface area contributed by atoms with Crippen LogP contribution in [-0.2, 0) is 9.53 Å². The predicted molar refractivity (Wildman–Crippen MR) is 65.0 cm³/mol. The third-order valence-corrected chi connectivity index (χ3v) is 2.48. The van der Waals surface area contributed by atoms with E-state index in [9.17, 15) is 14.0 Å². The molecule has 0 bridgehead atoms. The summed E-state index contributed by atoms with van der Waals surface area (Å²) >= 11 is 5.50. The van der Waals surface area contributed by atoms with E-state index in [-0.39, 0.29) is 17.2 Å². The quantitative estimate of drug-likeness (QED) is 0.856. The van der Waals surface area contributed by atoms with Crippen molar-refractivity contribution in [1.82, 2.24) is 5.32 Å². The summed E-state index contributed by atoms with van der Waals surface area (Å²) in [5.41, 5.74) is 0.0908. The number of nitrogens with one attached hydrogen (secondary N) is 1. The molecule has 18 heavy (non-hydrogen) atoms. The third kappa shape index (κ3) is 3.70. The van der Waals surface area contributed by atoms with Crippen molar-refractivity contribution in [2.24, 2.45) is 0 Å². The zero-order valence-electron chi connectivity index (χ0n) is 10.00. The fraction of sp³-hybridized carbons (Fsp3) is 0.333. The number of rotatable bonds is 4. The first-order valence-corrected chi connectivity index (χ1v) is 5.76. The van der Waals surface area contributed by atoms with Crippen LogP contribution in [0.1, 0.15) is 24.2 Å². The number of carbonyl (C=O) groups is 2. The van der Waals surface area contributed by atoms with Gasteiger partial charge < -0.3 is 10.1 Å². The maximum Gasteiger partial charge on any atom is 0.328 e. The molecule has 1 unspecified atom stereocenters. The molecule has 0 aromatic heterocycles. The summed E-state index contributed by atoms with van der Waals surface area (Å²) in [5.74, 6) is -1.79. The molecule has 0 spiro atoms. The number of benzene rings is 1. The Balaban J connectivity index is 2.70. The van der Waals surface area contributed by atoms with Crippen LogP contribution in [0, 0.1) is 5.82 Å². The smallest absolute Gasteiger partial charge is 0.328 e. The lowest BCUT2D eigenvalue weighted by Gasteiger charge is -2.12. The Morgan fingerprint density at radius 2 is 2.17 bits per heavy atom. The van der Waals surface area contributed by atoms with E-state index in [0.29, 0.717) is 0 Å². The number of esters is 1. The van der Waals surface area contributed by atoms with E-state index in [4.69, 9.17) is 16.3 Å². The minimum atomic E-state index is -0.795. The van der Waals surface area contributed by atoms with Crippen LogP contribution in [0.15, 0.2) is 18.2 Å². The number of ether oxygens (including phenoxy) is 1. The van der Waals surface area contributed by atoms with Crippen LogP contribution in [0.4, 0.5) is 4.39 Å². The van der Waals surface area contributed by atoms with Crippen molar-refractivity contribution >= 4 is 23.5 Å². The number of hydrogen-bond acceptors (Lipinski definition) is 3. The van der Waals surface area contributed by atoms with Crippen LogP contribution >= 0.6 is 11.6 Å². The van der Waals surface area contributed by atoms with Gasteiger partial charge in [0.05, 0.1) is 11.6 Å². The van der Waals surface area contributed by atoms with Crippen molar-refractivity contribution in [3.05, 3.63) is 34.6 Å². The lowest BCUT2D eigenvalue weighted by Crippen LogP contribution is -2.39. The Bertz CT molecular complexity index is 465. The first kappa shape index (κ1) is 14.4. The van der Waals surface area contributed by atoms with Crippen molar-refractivity contribution in [2.45, 2.75) is 19.9 Å². The zero-order chi connectivity index (χ0) is 13.7. The standard InChI is InChI=1S/C12H13ClFNO3/c1-3-18-12(17)7(2)15-11(16)8-4-5-9(13)10(14)6-8/h4-7H,3H2,1-2H3,(H,15,16). The second-order valence-electron chi connectivity index (χ2n) is 3.58. The highest BCUT2D eigenvalue weighted by molar-refractivity contribution is 6.30. The van der Waals surface area contributed by atoms with Crippen LogP contribution in [0.25, 0.3) is 0 Å². The lowest BCUT2D eigenvalue weighted by molar-refractivity contribution is -0.144. The summed E-state index contributed by atoms with van der Waals surface area (Å²) in [5, 5.41) is 2.34. The van der Waals surface area contributed by atoms with E-state index >= 15 is 0 Å². The van der Waals surface area contributed by atoms with Crippen molar-refractivity contribution < 1.29 is 18.7 Å². The Labute approximate surface area is 109 Å². The van der Waals surface area contributed by atoms with E-state index in [2.05, 4.69) is 5.32 Å². The Morgan fingerprint density at radius 1 is 1.50 bits per heavy atom. The van der Waals surface area contributed by atoms with E-state index in [0.717, 1.165) is 6.07 Å². The molecule has 1 aromatic rings. The first-order valence-electron chi connectivity index (χ1n) is 5.38. The van der Waals surface area contributed by atoms with Gasteiger partial charge in [0.1, 0.15) is 11.9 Å².